The summed E-state index contributed by atoms with van der Waals surface area (Å²) in [6, 6.07) is 10.6. The summed E-state index contributed by atoms with van der Waals surface area (Å²) in [5, 5.41) is 7.94. The molecule has 3 aromatic rings. The molecule has 0 saturated carbocycles. The lowest BCUT2D eigenvalue weighted by molar-refractivity contribution is 0.0269. The molecule has 0 amide bonds. The monoisotopic (exact) mass is 430 g/mol. The third-order valence-corrected chi connectivity index (χ3v) is 6.85. The van der Waals surface area contributed by atoms with Crippen molar-refractivity contribution in [1.82, 2.24) is 19.1 Å². The summed E-state index contributed by atoms with van der Waals surface area (Å²) in [5.74, 6) is -0.194. The van der Waals surface area contributed by atoms with Gasteiger partial charge in [0.15, 0.2) is 6.10 Å². The van der Waals surface area contributed by atoms with Gasteiger partial charge in [0.2, 0.25) is 15.9 Å². The van der Waals surface area contributed by atoms with Gasteiger partial charge in [-0.25, -0.2) is 13.2 Å². The van der Waals surface area contributed by atoms with Gasteiger partial charge in [0, 0.05) is 31.9 Å². The average molecular weight is 430 g/mol. The van der Waals surface area contributed by atoms with E-state index < -0.39 is 22.1 Å². The predicted molar refractivity (Wildman–Crippen MR) is 107 cm³/mol. The molecule has 4 rings (SSSR count). The Morgan fingerprint density at radius 3 is 2.57 bits per heavy atom. The zero-order valence-corrected chi connectivity index (χ0v) is 17.5. The molecule has 1 aliphatic rings. The van der Waals surface area contributed by atoms with Crippen LogP contribution in [0.1, 0.15) is 42.2 Å². The lowest BCUT2D eigenvalue weighted by Crippen LogP contribution is -2.27. The van der Waals surface area contributed by atoms with Crippen LogP contribution in [0.5, 0.6) is 0 Å². The van der Waals surface area contributed by atoms with Gasteiger partial charge in [-0.2, -0.15) is 4.31 Å². The van der Waals surface area contributed by atoms with Crippen LogP contribution >= 0.6 is 0 Å². The smallest absolute Gasteiger partial charge is 0.355 e. The molecule has 2 aromatic heterocycles. The first kappa shape index (κ1) is 20.3. The molecule has 0 bridgehead atoms. The van der Waals surface area contributed by atoms with E-state index in [0.717, 1.165) is 18.4 Å². The minimum absolute atomic E-state index is 0.0793. The molecule has 30 heavy (non-hydrogen) atoms. The molecule has 0 unspecified atom stereocenters. The maximum Gasteiger partial charge on any atom is 0.355 e. The summed E-state index contributed by atoms with van der Waals surface area (Å²) < 4.78 is 39.4. The van der Waals surface area contributed by atoms with Gasteiger partial charge < -0.3 is 13.7 Å². The molecule has 0 radical (unpaired) electrons. The van der Waals surface area contributed by atoms with Crippen LogP contribution in [-0.4, -0.2) is 46.5 Å². The molecule has 158 valence electrons. The second-order valence-electron chi connectivity index (χ2n) is 7.14. The van der Waals surface area contributed by atoms with Crippen LogP contribution in [0.4, 0.5) is 0 Å². The van der Waals surface area contributed by atoms with Crippen LogP contribution in [0.15, 0.2) is 51.9 Å². The Morgan fingerprint density at radius 2 is 1.87 bits per heavy atom. The third kappa shape index (κ3) is 3.88. The van der Waals surface area contributed by atoms with Crippen molar-refractivity contribution in [3.05, 3.63) is 54.2 Å². The minimum atomic E-state index is -3.62. The second kappa shape index (κ2) is 8.04. The first-order chi connectivity index (χ1) is 14.4. The summed E-state index contributed by atoms with van der Waals surface area (Å²) in [7, 11) is -2.02. The number of benzene rings is 1. The lowest BCUT2D eigenvalue weighted by atomic mass is 10.2. The van der Waals surface area contributed by atoms with Crippen molar-refractivity contribution >= 4 is 16.0 Å². The van der Waals surface area contributed by atoms with E-state index >= 15 is 0 Å². The molecule has 1 fully saturated rings. The highest BCUT2D eigenvalue weighted by Crippen LogP contribution is 2.25. The Balaban J connectivity index is 1.49. The number of aromatic nitrogens is 3. The summed E-state index contributed by atoms with van der Waals surface area (Å²) in [4.78, 5) is 12.7. The Kier molecular flexibility index (Phi) is 5.44. The van der Waals surface area contributed by atoms with Crippen LogP contribution in [0, 0.1) is 0 Å². The van der Waals surface area contributed by atoms with E-state index in [9.17, 15) is 13.2 Å². The van der Waals surface area contributed by atoms with E-state index in [-0.39, 0.29) is 16.5 Å². The molecule has 0 spiro atoms. The topological polar surface area (TPSA) is 108 Å². The summed E-state index contributed by atoms with van der Waals surface area (Å²) in [6.07, 6.45) is 2.31. The Hall–Kier alpha value is -2.98. The highest BCUT2D eigenvalue weighted by molar-refractivity contribution is 7.89. The van der Waals surface area contributed by atoms with Gasteiger partial charge in [-0.3, -0.25) is 0 Å². The fourth-order valence-corrected chi connectivity index (χ4v) is 4.91. The zero-order valence-electron chi connectivity index (χ0n) is 16.7. The molecular weight excluding hydrogens is 408 g/mol. The lowest BCUT2D eigenvalue weighted by Gasteiger charge is -2.13. The molecule has 0 N–H and O–H groups in total. The zero-order chi connectivity index (χ0) is 21.3. The Morgan fingerprint density at radius 1 is 1.17 bits per heavy atom. The van der Waals surface area contributed by atoms with Crippen molar-refractivity contribution in [2.45, 2.75) is 30.8 Å². The third-order valence-electron chi connectivity index (χ3n) is 4.98. The highest BCUT2D eigenvalue weighted by atomic mass is 32.2. The van der Waals surface area contributed by atoms with Gasteiger partial charge in [-0.05, 0) is 38.0 Å². The fraction of sp³-hybridized carbons (Fsp3) is 0.350. The van der Waals surface area contributed by atoms with Gasteiger partial charge in [-0.15, -0.1) is 10.2 Å². The number of carbonyl (C=O) groups is 1. The average Bonchev–Trinajstić information content (AvgIpc) is 3.49. The number of aryl methyl sites for hydroxylation is 1. The van der Waals surface area contributed by atoms with Crippen LogP contribution in [-0.2, 0) is 21.8 Å². The van der Waals surface area contributed by atoms with Crippen molar-refractivity contribution in [2.24, 2.45) is 7.05 Å². The number of nitrogens with zero attached hydrogens (tertiary/aromatic N) is 4. The number of rotatable bonds is 6. The van der Waals surface area contributed by atoms with E-state index in [1.54, 1.807) is 14.0 Å². The maximum atomic E-state index is 12.7. The minimum Gasteiger partial charge on any atom is -0.448 e. The van der Waals surface area contributed by atoms with Crippen LogP contribution in [0.3, 0.4) is 0 Å². The quantitative estimate of drug-likeness (QED) is 0.553. The molecule has 3 heterocycles. The largest absolute Gasteiger partial charge is 0.448 e. The Labute approximate surface area is 174 Å². The van der Waals surface area contributed by atoms with Crippen molar-refractivity contribution in [3.63, 3.8) is 0 Å². The van der Waals surface area contributed by atoms with Gasteiger partial charge in [0.1, 0.15) is 10.6 Å². The van der Waals surface area contributed by atoms with Crippen LogP contribution < -0.4 is 0 Å². The van der Waals surface area contributed by atoms with Crippen molar-refractivity contribution in [1.29, 1.82) is 0 Å². The number of ether oxygens (including phenoxy) is 1. The fourth-order valence-electron chi connectivity index (χ4n) is 3.32. The van der Waals surface area contributed by atoms with E-state index in [4.69, 9.17) is 9.15 Å². The summed E-state index contributed by atoms with van der Waals surface area (Å²) in [6.45, 7) is 2.61. The molecular formula is C20H22N4O5S. The van der Waals surface area contributed by atoms with E-state index in [1.807, 2.05) is 30.3 Å². The molecule has 10 heteroatoms. The molecule has 1 aliphatic heterocycles. The molecule has 1 atom stereocenters. The standard InChI is InChI=1S/C20H22N4O5S/c1-14(18-21-22-19(29-18)15-8-4-3-5-9-15)28-20(25)17-12-16(13-23(17)2)30(26,27)24-10-6-7-11-24/h3-5,8-9,12-14H,6-7,10-11H2,1-2H3/t14-/m0/s1. The first-order valence-electron chi connectivity index (χ1n) is 9.62. The second-order valence-corrected chi connectivity index (χ2v) is 9.08. The van der Waals surface area contributed by atoms with Crippen molar-refractivity contribution in [3.8, 4) is 11.5 Å². The van der Waals surface area contributed by atoms with E-state index in [0.29, 0.717) is 19.0 Å². The molecule has 0 aliphatic carbocycles. The number of hydrogen-bond donors (Lipinski definition) is 0. The summed E-state index contributed by atoms with van der Waals surface area (Å²) >= 11 is 0. The van der Waals surface area contributed by atoms with Crippen LogP contribution in [0.2, 0.25) is 0 Å². The molecule has 9 nitrogen and oxygen atoms in total. The van der Waals surface area contributed by atoms with Crippen molar-refractivity contribution < 1.29 is 22.4 Å². The van der Waals surface area contributed by atoms with Gasteiger partial charge >= 0.3 is 5.97 Å². The Bertz CT molecular complexity index is 1150. The van der Waals surface area contributed by atoms with E-state index in [2.05, 4.69) is 10.2 Å². The first-order valence-corrected chi connectivity index (χ1v) is 11.1. The van der Waals surface area contributed by atoms with E-state index in [1.165, 1.54) is 21.1 Å². The van der Waals surface area contributed by atoms with Crippen LogP contribution in [0.25, 0.3) is 11.5 Å². The van der Waals surface area contributed by atoms with Gasteiger partial charge in [-0.1, -0.05) is 18.2 Å². The molecule has 1 saturated heterocycles. The predicted octanol–water partition coefficient (Wildman–Crippen LogP) is 2.78. The van der Waals surface area contributed by atoms with Gasteiger partial charge in [0.25, 0.3) is 5.89 Å². The number of carbonyl (C=O) groups excluding carboxylic acids is 1. The highest BCUT2D eigenvalue weighted by Gasteiger charge is 2.30. The normalized spacial score (nSPS) is 15.9. The number of esters is 1. The van der Waals surface area contributed by atoms with Crippen molar-refractivity contribution in [2.75, 3.05) is 13.1 Å². The maximum absolute atomic E-state index is 12.7. The number of sulfonamides is 1. The summed E-state index contributed by atoms with van der Waals surface area (Å²) in [5.41, 5.74) is 0.886. The van der Waals surface area contributed by atoms with Gasteiger partial charge in [0.05, 0.1) is 0 Å². The number of hydrogen-bond acceptors (Lipinski definition) is 7. The molecule has 1 aromatic carbocycles. The SMILES string of the molecule is C[C@H](OC(=O)c1cc(S(=O)(=O)N2CCCC2)cn1C)c1nnc(-c2ccccc2)o1.